The number of ketones is 1. The summed E-state index contributed by atoms with van der Waals surface area (Å²) in [6.07, 6.45) is -8.38. The number of hydrogen-bond donors (Lipinski definition) is 0. The first kappa shape index (κ1) is 28.9. The molecule has 1 amide bonds. The molecule has 3 heterocycles. The summed E-state index contributed by atoms with van der Waals surface area (Å²) in [5.74, 6) is -0.358. The Morgan fingerprint density at radius 1 is 0.951 bits per heavy atom. The van der Waals surface area contributed by atoms with E-state index < -0.39 is 35.9 Å². The summed E-state index contributed by atoms with van der Waals surface area (Å²) in [6.45, 7) is 0.261. The molecule has 7 nitrogen and oxygen atoms in total. The van der Waals surface area contributed by atoms with Crippen molar-refractivity contribution in [1.29, 1.82) is 0 Å². The molecule has 0 unspecified atom stereocenters. The number of Topliss-reactive ketones (excluding diaryl/α,β-unsaturated/α-hetero) is 1. The number of amides is 1. The topological polar surface area (TPSA) is 71.3 Å². The number of rotatable bonds is 5. The number of likely N-dealkylation sites (tertiary alicyclic amines) is 1. The molecule has 1 atom stereocenters. The van der Waals surface area contributed by atoms with Crippen LogP contribution in [-0.4, -0.2) is 51.2 Å². The number of hydrogen-bond acceptors (Lipinski definition) is 5. The highest BCUT2D eigenvalue weighted by Crippen LogP contribution is 2.39. The van der Waals surface area contributed by atoms with Crippen LogP contribution in [0.4, 0.5) is 32.2 Å². The number of piperidine rings is 1. The number of nitrogens with zero attached hydrogens (tertiary/aromatic N) is 5. The van der Waals surface area contributed by atoms with Gasteiger partial charge in [0.15, 0.2) is 11.5 Å². The SMILES string of the molecule is O=C1CCN(c2c(C(=O)N3CCC[C@@H]3c3ccccc3Cl)nnn2Cc2cc(C(F)(F)F)cc(C(F)(F)F)c2)CC1. The van der Waals surface area contributed by atoms with E-state index in [9.17, 15) is 35.9 Å². The van der Waals surface area contributed by atoms with Crippen molar-refractivity contribution in [1.82, 2.24) is 19.9 Å². The van der Waals surface area contributed by atoms with E-state index in [1.807, 2.05) is 6.07 Å². The molecule has 14 heteroatoms. The Balaban J connectivity index is 1.54. The van der Waals surface area contributed by atoms with Crippen LogP contribution in [0.1, 0.15) is 64.5 Å². The van der Waals surface area contributed by atoms with Gasteiger partial charge in [0, 0.05) is 37.5 Å². The van der Waals surface area contributed by atoms with Crippen LogP contribution in [0.5, 0.6) is 0 Å². The first-order valence-electron chi connectivity index (χ1n) is 12.9. The van der Waals surface area contributed by atoms with Gasteiger partial charge in [-0.1, -0.05) is 35.0 Å². The molecule has 2 saturated heterocycles. The van der Waals surface area contributed by atoms with E-state index in [2.05, 4.69) is 10.3 Å². The lowest BCUT2D eigenvalue weighted by Gasteiger charge is -2.30. The Hall–Kier alpha value is -3.61. The van der Waals surface area contributed by atoms with Crippen molar-refractivity contribution < 1.29 is 35.9 Å². The third kappa shape index (κ3) is 6.04. The zero-order chi connectivity index (χ0) is 29.5. The molecular formula is C27H24ClF6N5O2. The maximum atomic E-state index is 13.9. The van der Waals surface area contributed by atoms with Gasteiger partial charge < -0.3 is 9.80 Å². The number of carbonyl (C=O) groups is 2. The van der Waals surface area contributed by atoms with Crippen LogP contribution in [0.15, 0.2) is 42.5 Å². The molecule has 0 bridgehead atoms. The molecule has 0 saturated carbocycles. The lowest BCUT2D eigenvalue weighted by molar-refractivity contribution is -0.143. The van der Waals surface area contributed by atoms with Crippen molar-refractivity contribution in [3.05, 3.63) is 75.4 Å². The van der Waals surface area contributed by atoms with E-state index in [0.29, 0.717) is 36.5 Å². The number of aromatic nitrogens is 3. The largest absolute Gasteiger partial charge is 0.416 e. The number of alkyl halides is 6. The lowest BCUT2D eigenvalue weighted by Crippen LogP contribution is -2.38. The molecule has 0 aliphatic carbocycles. The minimum atomic E-state index is -5.01. The van der Waals surface area contributed by atoms with Crippen molar-refractivity contribution in [3.63, 3.8) is 0 Å². The first-order valence-corrected chi connectivity index (χ1v) is 13.2. The van der Waals surface area contributed by atoms with Crippen LogP contribution in [0.2, 0.25) is 5.02 Å². The van der Waals surface area contributed by atoms with Crippen LogP contribution in [0.3, 0.4) is 0 Å². The van der Waals surface area contributed by atoms with Gasteiger partial charge in [-0.2, -0.15) is 26.3 Å². The third-order valence-electron chi connectivity index (χ3n) is 7.29. The maximum Gasteiger partial charge on any atom is 0.416 e. The van der Waals surface area contributed by atoms with Gasteiger partial charge in [-0.05, 0) is 48.2 Å². The fraction of sp³-hybridized carbons (Fsp3) is 0.407. The normalized spacial score (nSPS) is 18.3. The van der Waals surface area contributed by atoms with Crippen LogP contribution in [0.25, 0.3) is 0 Å². The molecule has 3 aromatic rings. The van der Waals surface area contributed by atoms with Gasteiger partial charge in [0.1, 0.15) is 5.78 Å². The van der Waals surface area contributed by atoms with Crippen LogP contribution in [0, 0.1) is 0 Å². The summed E-state index contributed by atoms with van der Waals surface area (Å²) in [5, 5.41) is 8.55. The molecule has 0 N–H and O–H groups in total. The van der Waals surface area contributed by atoms with E-state index in [-0.39, 0.29) is 60.9 Å². The predicted octanol–water partition coefficient (Wildman–Crippen LogP) is 6.16. The summed E-state index contributed by atoms with van der Waals surface area (Å²) in [6, 6.07) is 8.05. The zero-order valence-electron chi connectivity index (χ0n) is 21.5. The highest BCUT2D eigenvalue weighted by molar-refractivity contribution is 6.31. The van der Waals surface area contributed by atoms with Gasteiger partial charge in [0.25, 0.3) is 5.91 Å². The molecule has 41 heavy (non-hydrogen) atoms. The molecular weight excluding hydrogens is 576 g/mol. The average molecular weight is 600 g/mol. The van der Waals surface area contributed by atoms with Gasteiger partial charge in [0.05, 0.1) is 23.7 Å². The third-order valence-corrected chi connectivity index (χ3v) is 7.63. The molecule has 1 aromatic heterocycles. The smallest absolute Gasteiger partial charge is 0.354 e. The van der Waals surface area contributed by atoms with E-state index >= 15 is 0 Å². The maximum absolute atomic E-state index is 13.9. The van der Waals surface area contributed by atoms with Gasteiger partial charge in [-0.25, -0.2) is 4.68 Å². The summed E-state index contributed by atoms with van der Waals surface area (Å²) in [5.41, 5.74) is -2.57. The van der Waals surface area contributed by atoms with Gasteiger partial charge >= 0.3 is 12.4 Å². The monoisotopic (exact) mass is 599 g/mol. The Kier molecular flexibility index (Phi) is 7.75. The number of benzene rings is 2. The fourth-order valence-electron chi connectivity index (χ4n) is 5.33. The Labute approximate surface area is 235 Å². The summed E-state index contributed by atoms with van der Waals surface area (Å²) in [4.78, 5) is 29.1. The first-order chi connectivity index (χ1) is 19.3. The molecule has 218 valence electrons. The number of carbonyl (C=O) groups excluding carboxylic acids is 2. The number of halogens is 7. The second kappa shape index (κ2) is 11.0. The fourth-order valence-corrected chi connectivity index (χ4v) is 5.59. The second-order valence-corrected chi connectivity index (χ2v) is 10.4. The minimum absolute atomic E-state index is 0.000764. The van der Waals surface area contributed by atoms with Crippen LogP contribution >= 0.6 is 11.6 Å². The predicted molar refractivity (Wildman–Crippen MR) is 136 cm³/mol. The second-order valence-electron chi connectivity index (χ2n) is 10.0. The summed E-state index contributed by atoms with van der Waals surface area (Å²) < 4.78 is 81.9. The lowest BCUT2D eigenvalue weighted by atomic mass is 10.0. The van der Waals surface area contributed by atoms with E-state index in [4.69, 9.17) is 11.6 Å². The summed E-state index contributed by atoms with van der Waals surface area (Å²) >= 11 is 6.40. The minimum Gasteiger partial charge on any atom is -0.354 e. The van der Waals surface area contributed by atoms with Crippen molar-refractivity contribution in [2.45, 2.75) is 50.6 Å². The van der Waals surface area contributed by atoms with Gasteiger partial charge in [-0.15, -0.1) is 5.10 Å². The molecule has 0 radical (unpaired) electrons. The summed E-state index contributed by atoms with van der Waals surface area (Å²) in [7, 11) is 0. The standard InChI is InChI=1S/C27H24ClF6N5O2/c28-21-5-2-1-4-20(21)22-6-3-9-38(22)25(41)23-24(37-10-7-19(40)8-11-37)39(36-35-23)15-16-12-17(26(29,30)31)14-18(13-16)27(32,33)34/h1-2,4-5,12-14,22H,3,6-11,15H2/t22-/m1/s1. The average Bonchev–Trinajstić information content (AvgIpc) is 3.56. The van der Waals surface area contributed by atoms with Crippen molar-refractivity contribution in [2.75, 3.05) is 24.5 Å². The van der Waals surface area contributed by atoms with Crippen molar-refractivity contribution in [2.24, 2.45) is 0 Å². The molecule has 2 aliphatic rings. The van der Waals surface area contributed by atoms with E-state index in [0.717, 1.165) is 10.2 Å². The van der Waals surface area contributed by atoms with Crippen LogP contribution < -0.4 is 4.90 Å². The Morgan fingerprint density at radius 3 is 2.20 bits per heavy atom. The highest BCUT2D eigenvalue weighted by atomic mass is 35.5. The molecule has 2 aliphatic heterocycles. The quantitative estimate of drug-likeness (QED) is 0.328. The molecule has 2 fully saturated rings. The van der Waals surface area contributed by atoms with Crippen LogP contribution in [-0.2, 0) is 23.7 Å². The number of anilines is 1. The Bertz CT molecular complexity index is 1430. The zero-order valence-corrected chi connectivity index (χ0v) is 22.2. The van der Waals surface area contributed by atoms with E-state index in [1.165, 1.54) is 0 Å². The molecule has 2 aromatic carbocycles. The highest BCUT2D eigenvalue weighted by Gasteiger charge is 2.39. The van der Waals surface area contributed by atoms with Gasteiger partial charge in [0.2, 0.25) is 0 Å². The van der Waals surface area contributed by atoms with Gasteiger partial charge in [-0.3, -0.25) is 9.59 Å². The van der Waals surface area contributed by atoms with Crippen molar-refractivity contribution >= 4 is 29.1 Å². The van der Waals surface area contributed by atoms with E-state index in [1.54, 1.807) is 28.0 Å². The molecule has 0 spiro atoms. The van der Waals surface area contributed by atoms with Crippen molar-refractivity contribution in [3.8, 4) is 0 Å². The Morgan fingerprint density at radius 2 is 1.59 bits per heavy atom. The molecule has 5 rings (SSSR count).